The third-order valence-electron chi connectivity index (χ3n) is 2.41. The number of nitrogen functional groups attached to an aromatic ring is 1. The minimum Gasteiger partial charge on any atom is -0.381 e. The normalized spacial score (nSPS) is 10.8. The van der Waals surface area contributed by atoms with Gasteiger partial charge in [-0.15, -0.1) is 11.3 Å². The average molecular weight is 222 g/mol. The number of aromatic nitrogens is 1. The van der Waals surface area contributed by atoms with E-state index in [2.05, 4.69) is 31.1 Å². The molecular formula is C11H14N2OS. The van der Waals surface area contributed by atoms with E-state index in [1.165, 1.54) is 4.88 Å². The molecular weight excluding hydrogens is 208 g/mol. The maximum absolute atomic E-state index is 5.73. The van der Waals surface area contributed by atoms with Crippen molar-refractivity contribution in [2.24, 2.45) is 0 Å². The van der Waals surface area contributed by atoms with E-state index in [1.807, 2.05) is 0 Å². The minimum absolute atomic E-state index is 0.513. The molecule has 0 bridgehead atoms. The van der Waals surface area contributed by atoms with Gasteiger partial charge in [0.2, 0.25) is 0 Å². The fourth-order valence-corrected chi connectivity index (χ4v) is 2.50. The molecule has 0 amide bonds. The summed E-state index contributed by atoms with van der Waals surface area (Å²) in [6.45, 7) is 4.20. The predicted octanol–water partition coefficient (Wildman–Crippen LogP) is 3.11. The summed E-state index contributed by atoms with van der Waals surface area (Å²) in [6, 6.07) is 4.20. The third kappa shape index (κ3) is 1.77. The fraction of sp³-hybridized carbons (Fsp3) is 0.364. The van der Waals surface area contributed by atoms with Gasteiger partial charge < -0.3 is 10.3 Å². The van der Waals surface area contributed by atoms with Gasteiger partial charge in [-0.05, 0) is 25.0 Å². The van der Waals surface area contributed by atoms with E-state index in [4.69, 9.17) is 10.3 Å². The molecule has 0 aliphatic heterocycles. The molecule has 0 aromatic carbocycles. The lowest BCUT2D eigenvalue weighted by Gasteiger charge is -1.94. The maximum Gasteiger partial charge on any atom is 0.182 e. The zero-order chi connectivity index (χ0) is 10.8. The van der Waals surface area contributed by atoms with Crippen LogP contribution in [-0.4, -0.2) is 5.16 Å². The predicted molar refractivity (Wildman–Crippen MR) is 63.0 cm³/mol. The van der Waals surface area contributed by atoms with E-state index in [1.54, 1.807) is 11.3 Å². The molecule has 2 aromatic heterocycles. The van der Waals surface area contributed by atoms with Gasteiger partial charge in [-0.25, -0.2) is 0 Å². The zero-order valence-corrected chi connectivity index (χ0v) is 9.73. The van der Waals surface area contributed by atoms with Crippen LogP contribution in [0.2, 0.25) is 0 Å². The second-order valence-corrected chi connectivity index (χ2v) is 4.52. The van der Waals surface area contributed by atoms with E-state index in [9.17, 15) is 0 Å². The lowest BCUT2D eigenvalue weighted by molar-refractivity contribution is 0.436. The Bertz CT molecular complexity index is 459. The van der Waals surface area contributed by atoms with Crippen molar-refractivity contribution in [3.05, 3.63) is 22.6 Å². The van der Waals surface area contributed by atoms with Crippen molar-refractivity contribution in [3.8, 4) is 10.6 Å². The highest BCUT2D eigenvalue weighted by Gasteiger charge is 2.15. The third-order valence-corrected chi connectivity index (χ3v) is 3.63. The molecule has 0 aliphatic carbocycles. The molecule has 0 aliphatic rings. The number of rotatable bonds is 3. The number of anilines is 1. The molecule has 0 saturated carbocycles. The highest BCUT2D eigenvalue weighted by Crippen LogP contribution is 2.33. The van der Waals surface area contributed by atoms with E-state index in [-0.39, 0.29) is 0 Å². The molecule has 2 N–H and O–H groups in total. The van der Waals surface area contributed by atoms with Gasteiger partial charge in [-0.3, -0.25) is 0 Å². The highest BCUT2D eigenvalue weighted by molar-refractivity contribution is 7.15. The molecule has 0 fully saturated rings. The van der Waals surface area contributed by atoms with Crippen molar-refractivity contribution < 1.29 is 4.52 Å². The summed E-state index contributed by atoms with van der Waals surface area (Å²) >= 11 is 1.74. The number of nitrogens with two attached hydrogens (primary N) is 1. The molecule has 15 heavy (non-hydrogen) atoms. The molecule has 2 rings (SSSR count). The number of hydrogen-bond acceptors (Lipinski definition) is 4. The molecule has 4 heteroatoms. The smallest absolute Gasteiger partial charge is 0.182 e. The van der Waals surface area contributed by atoms with E-state index in [0.717, 1.165) is 29.0 Å². The molecule has 0 spiro atoms. The Labute approximate surface area is 92.9 Å². The van der Waals surface area contributed by atoms with Gasteiger partial charge in [0.25, 0.3) is 0 Å². The first-order valence-electron chi connectivity index (χ1n) is 5.09. The van der Waals surface area contributed by atoms with E-state index in [0.29, 0.717) is 5.82 Å². The Morgan fingerprint density at radius 3 is 2.73 bits per heavy atom. The zero-order valence-electron chi connectivity index (χ0n) is 8.91. The summed E-state index contributed by atoms with van der Waals surface area (Å²) in [5, 5.41) is 3.81. The SMILES string of the molecule is CCc1ccc(-c2onc(N)c2CC)s1. The average Bonchev–Trinajstić information content (AvgIpc) is 2.83. The van der Waals surface area contributed by atoms with Crippen molar-refractivity contribution >= 4 is 17.2 Å². The van der Waals surface area contributed by atoms with Crippen molar-refractivity contribution in [3.63, 3.8) is 0 Å². The van der Waals surface area contributed by atoms with Gasteiger partial charge in [0, 0.05) is 10.4 Å². The Balaban J connectivity index is 2.44. The first kappa shape index (κ1) is 10.2. The van der Waals surface area contributed by atoms with Gasteiger partial charge in [0.1, 0.15) is 0 Å². The molecule has 2 aromatic rings. The Hall–Kier alpha value is -1.29. The van der Waals surface area contributed by atoms with Crippen molar-refractivity contribution in [2.45, 2.75) is 26.7 Å². The molecule has 0 atom stereocenters. The van der Waals surface area contributed by atoms with Gasteiger partial charge in [0.15, 0.2) is 11.6 Å². The van der Waals surface area contributed by atoms with Crippen LogP contribution in [0.15, 0.2) is 16.7 Å². The summed E-state index contributed by atoms with van der Waals surface area (Å²) in [5.41, 5.74) is 6.74. The summed E-state index contributed by atoms with van der Waals surface area (Å²) in [7, 11) is 0. The topological polar surface area (TPSA) is 52.0 Å². The molecule has 2 heterocycles. The van der Waals surface area contributed by atoms with Crippen LogP contribution in [0, 0.1) is 0 Å². The van der Waals surface area contributed by atoms with Crippen molar-refractivity contribution in [1.29, 1.82) is 0 Å². The van der Waals surface area contributed by atoms with Crippen LogP contribution in [-0.2, 0) is 12.8 Å². The molecule has 80 valence electrons. The van der Waals surface area contributed by atoms with E-state index >= 15 is 0 Å². The van der Waals surface area contributed by atoms with Gasteiger partial charge in [0.05, 0.1) is 4.88 Å². The second kappa shape index (κ2) is 4.06. The number of thiophene rings is 1. The lowest BCUT2D eigenvalue weighted by Crippen LogP contribution is -1.90. The Morgan fingerprint density at radius 1 is 1.33 bits per heavy atom. The highest BCUT2D eigenvalue weighted by atomic mass is 32.1. The van der Waals surface area contributed by atoms with Crippen LogP contribution in [0.5, 0.6) is 0 Å². The monoisotopic (exact) mass is 222 g/mol. The summed E-state index contributed by atoms with van der Waals surface area (Å²) < 4.78 is 5.27. The number of aryl methyl sites for hydroxylation is 1. The van der Waals surface area contributed by atoms with Crippen LogP contribution >= 0.6 is 11.3 Å². The second-order valence-electron chi connectivity index (χ2n) is 3.35. The van der Waals surface area contributed by atoms with Crippen LogP contribution < -0.4 is 5.73 Å². The summed E-state index contributed by atoms with van der Waals surface area (Å²) in [4.78, 5) is 2.47. The standard InChI is InChI=1S/C11H14N2OS/c1-3-7-5-6-9(15-7)10-8(4-2)11(12)13-14-10/h5-6H,3-4H2,1-2H3,(H2,12,13). The first-order valence-corrected chi connectivity index (χ1v) is 5.91. The summed E-state index contributed by atoms with van der Waals surface area (Å²) in [6.07, 6.45) is 1.90. The van der Waals surface area contributed by atoms with Crippen LogP contribution in [0.1, 0.15) is 24.3 Å². The fourth-order valence-electron chi connectivity index (χ4n) is 1.55. The summed E-state index contributed by atoms with van der Waals surface area (Å²) in [5.74, 6) is 1.35. The van der Waals surface area contributed by atoms with Gasteiger partial charge in [-0.2, -0.15) is 0 Å². The Kier molecular flexibility index (Phi) is 2.77. The van der Waals surface area contributed by atoms with E-state index < -0.39 is 0 Å². The largest absolute Gasteiger partial charge is 0.381 e. The molecule has 0 unspecified atom stereocenters. The molecule has 0 saturated heterocycles. The van der Waals surface area contributed by atoms with Crippen LogP contribution in [0.4, 0.5) is 5.82 Å². The minimum atomic E-state index is 0.513. The Morgan fingerprint density at radius 2 is 2.13 bits per heavy atom. The van der Waals surface area contributed by atoms with Gasteiger partial charge >= 0.3 is 0 Å². The first-order chi connectivity index (χ1) is 7.26. The van der Waals surface area contributed by atoms with Gasteiger partial charge in [-0.1, -0.05) is 19.0 Å². The van der Waals surface area contributed by atoms with Crippen molar-refractivity contribution in [2.75, 3.05) is 5.73 Å². The molecule has 0 radical (unpaired) electrons. The molecule has 3 nitrogen and oxygen atoms in total. The van der Waals surface area contributed by atoms with Crippen LogP contribution in [0.25, 0.3) is 10.6 Å². The maximum atomic E-state index is 5.73. The number of nitrogens with zero attached hydrogens (tertiary/aromatic N) is 1. The quantitative estimate of drug-likeness (QED) is 0.868. The lowest BCUT2D eigenvalue weighted by atomic mass is 10.1. The van der Waals surface area contributed by atoms with Crippen molar-refractivity contribution in [1.82, 2.24) is 5.16 Å². The van der Waals surface area contributed by atoms with Crippen LogP contribution in [0.3, 0.4) is 0 Å². The number of hydrogen-bond donors (Lipinski definition) is 1.